The van der Waals surface area contributed by atoms with Crippen molar-refractivity contribution >= 4 is 41.5 Å². The highest BCUT2D eigenvalue weighted by atomic mass is 127. The second-order valence-electron chi connectivity index (χ2n) is 5.92. The number of benzene rings is 1. The van der Waals surface area contributed by atoms with Gasteiger partial charge < -0.3 is 16.0 Å². The molecule has 1 aliphatic carbocycles. The van der Waals surface area contributed by atoms with Gasteiger partial charge in [-0.3, -0.25) is 4.79 Å². The smallest absolute Gasteiger partial charge is 0.227 e. The van der Waals surface area contributed by atoms with Gasteiger partial charge in [0.15, 0.2) is 5.96 Å². The van der Waals surface area contributed by atoms with E-state index in [1.165, 1.54) is 0 Å². The van der Waals surface area contributed by atoms with Crippen molar-refractivity contribution in [2.45, 2.75) is 39.2 Å². The molecule has 1 aromatic rings. The van der Waals surface area contributed by atoms with E-state index in [0.29, 0.717) is 19.0 Å². The molecule has 1 fully saturated rings. The summed E-state index contributed by atoms with van der Waals surface area (Å²) in [6, 6.07) is 7.83. The Bertz CT molecular complexity index is 618. The van der Waals surface area contributed by atoms with E-state index in [9.17, 15) is 4.79 Å². The highest BCUT2D eigenvalue weighted by Crippen LogP contribution is 2.26. The van der Waals surface area contributed by atoms with E-state index < -0.39 is 0 Å². The van der Waals surface area contributed by atoms with Gasteiger partial charge >= 0.3 is 0 Å². The number of carbonyl (C=O) groups excluding carboxylic acids is 1. The molecule has 0 saturated heterocycles. The molecule has 1 aromatic carbocycles. The highest BCUT2D eigenvalue weighted by molar-refractivity contribution is 14.0. The summed E-state index contributed by atoms with van der Waals surface area (Å²) in [7, 11) is 0. The first-order chi connectivity index (χ1) is 11.7. The Hall–Kier alpha value is -1.75. The number of hydrogen-bond acceptors (Lipinski definition) is 2. The normalized spacial score (nSPS) is 14.3. The second-order valence-corrected chi connectivity index (χ2v) is 5.92. The lowest BCUT2D eigenvalue weighted by Gasteiger charge is -2.11. The lowest BCUT2D eigenvalue weighted by Crippen LogP contribution is -2.37. The summed E-state index contributed by atoms with van der Waals surface area (Å²) >= 11 is 0. The van der Waals surface area contributed by atoms with E-state index in [1.54, 1.807) is 0 Å². The molecule has 0 spiro atoms. The van der Waals surface area contributed by atoms with Gasteiger partial charge in [0.25, 0.3) is 0 Å². The number of rotatable bonds is 6. The van der Waals surface area contributed by atoms with Crippen LogP contribution in [-0.4, -0.2) is 25.0 Å². The maximum atomic E-state index is 12.2. The number of carbonyl (C=O) groups is 1. The van der Waals surface area contributed by atoms with E-state index in [4.69, 9.17) is 6.42 Å². The molecule has 3 N–H and O–H groups in total. The Morgan fingerprint density at radius 1 is 1.32 bits per heavy atom. The zero-order chi connectivity index (χ0) is 17.2. The zero-order valence-corrected chi connectivity index (χ0v) is 17.0. The van der Waals surface area contributed by atoms with Crippen LogP contribution in [0.15, 0.2) is 29.3 Å². The van der Waals surface area contributed by atoms with Crippen molar-refractivity contribution in [2.24, 2.45) is 10.9 Å². The Labute approximate surface area is 167 Å². The fourth-order valence-corrected chi connectivity index (χ4v) is 2.83. The number of amides is 1. The summed E-state index contributed by atoms with van der Waals surface area (Å²) in [5.74, 6) is 3.53. The van der Waals surface area contributed by atoms with E-state index in [-0.39, 0.29) is 35.8 Å². The van der Waals surface area contributed by atoms with Crippen molar-refractivity contribution in [3.05, 3.63) is 29.8 Å². The fourth-order valence-electron chi connectivity index (χ4n) is 2.83. The third-order valence-corrected chi connectivity index (χ3v) is 4.04. The van der Waals surface area contributed by atoms with Crippen molar-refractivity contribution < 1.29 is 4.79 Å². The van der Waals surface area contributed by atoms with E-state index in [2.05, 4.69) is 26.9 Å². The van der Waals surface area contributed by atoms with Crippen LogP contribution >= 0.6 is 24.0 Å². The van der Waals surface area contributed by atoms with Crippen LogP contribution in [0, 0.1) is 18.3 Å². The number of guanidine groups is 1. The summed E-state index contributed by atoms with van der Waals surface area (Å²) in [5.41, 5.74) is 1.87. The molecule has 0 aliphatic heterocycles. The third kappa shape index (κ3) is 7.34. The van der Waals surface area contributed by atoms with E-state index in [1.807, 2.05) is 31.2 Å². The Morgan fingerprint density at radius 3 is 2.76 bits per heavy atom. The lowest BCUT2D eigenvalue weighted by atomic mass is 10.1. The predicted octanol–water partition coefficient (Wildman–Crippen LogP) is 3.12. The van der Waals surface area contributed by atoms with Crippen molar-refractivity contribution in [1.29, 1.82) is 0 Å². The van der Waals surface area contributed by atoms with Gasteiger partial charge in [0, 0.05) is 18.2 Å². The standard InChI is InChI=1S/C19H26N4O.HI/c1-3-12-21-19(20-4-2)22-14-15-8-7-11-17(13-15)23-18(24)16-9-5-6-10-16;/h1,7-8,11,13,16H,4-6,9-10,12,14H2,2H3,(H,23,24)(H2,20,21,22);1H. The van der Waals surface area contributed by atoms with Crippen molar-refractivity contribution in [3.63, 3.8) is 0 Å². The van der Waals surface area contributed by atoms with Crippen LogP contribution in [0.1, 0.15) is 38.2 Å². The molecule has 1 amide bonds. The molecule has 136 valence electrons. The van der Waals surface area contributed by atoms with Gasteiger partial charge in [-0.05, 0) is 37.5 Å². The minimum absolute atomic E-state index is 0. The first-order valence-electron chi connectivity index (χ1n) is 8.58. The lowest BCUT2D eigenvalue weighted by molar-refractivity contribution is -0.119. The quantitative estimate of drug-likeness (QED) is 0.268. The van der Waals surface area contributed by atoms with Gasteiger partial charge in [0.05, 0.1) is 13.1 Å². The van der Waals surface area contributed by atoms with Gasteiger partial charge in [-0.1, -0.05) is 30.9 Å². The molecule has 0 radical (unpaired) electrons. The molecule has 0 aromatic heterocycles. The van der Waals surface area contributed by atoms with Gasteiger partial charge in [0.2, 0.25) is 5.91 Å². The molecular weight excluding hydrogens is 427 g/mol. The number of nitrogens with one attached hydrogen (secondary N) is 3. The molecule has 0 atom stereocenters. The molecular formula is C19H27IN4O. The third-order valence-electron chi connectivity index (χ3n) is 4.04. The summed E-state index contributed by atoms with van der Waals surface area (Å²) in [5, 5.41) is 9.23. The minimum atomic E-state index is 0. The molecule has 5 nitrogen and oxygen atoms in total. The molecule has 2 rings (SSSR count). The zero-order valence-electron chi connectivity index (χ0n) is 14.7. The minimum Gasteiger partial charge on any atom is -0.357 e. The van der Waals surface area contributed by atoms with Gasteiger partial charge in [-0.15, -0.1) is 30.4 Å². The predicted molar refractivity (Wildman–Crippen MR) is 114 cm³/mol. The fraction of sp³-hybridized carbons (Fsp3) is 0.474. The van der Waals surface area contributed by atoms with Crippen LogP contribution in [0.2, 0.25) is 0 Å². The van der Waals surface area contributed by atoms with Crippen molar-refractivity contribution in [2.75, 3.05) is 18.4 Å². The summed E-state index contributed by atoms with van der Waals surface area (Å²) < 4.78 is 0. The monoisotopic (exact) mass is 454 g/mol. The average Bonchev–Trinajstić information content (AvgIpc) is 3.12. The van der Waals surface area contributed by atoms with Crippen LogP contribution in [0.5, 0.6) is 0 Å². The first kappa shape index (κ1) is 21.3. The number of hydrogen-bond donors (Lipinski definition) is 3. The molecule has 0 heterocycles. The molecule has 25 heavy (non-hydrogen) atoms. The van der Waals surface area contributed by atoms with Crippen molar-refractivity contribution in [3.8, 4) is 12.3 Å². The molecule has 1 saturated carbocycles. The number of aliphatic imine (C=N–C) groups is 1. The number of anilines is 1. The van der Waals surface area contributed by atoms with Crippen LogP contribution in [0.25, 0.3) is 0 Å². The SMILES string of the molecule is C#CCNC(=NCc1cccc(NC(=O)C2CCCC2)c1)NCC.I. The second kappa shape index (κ2) is 11.7. The largest absolute Gasteiger partial charge is 0.357 e. The van der Waals surface area contributed by atoms with Crippen LogP contribution in [-0.2, 0) is 11.3 Å². The Balaban J connectivity index is 0.00000312. The van der Waals surface area contributed by atoms with Crippen LogP contribution < -0.4 is 16.0 Å². The van der Waals surface area contributed by atoms with E-state index >= 15 is 0 Å². The molecule has 0 bridgehead atoms. The topological polar surface area (TPSA) is 65.5 Å². The highest BCUT2D eigenvalue weighted by Gasteiger charge is 2.22. The van der Waals surface area contributed by atoms with Gasteiger partial charge in [-0.2, -0.15) is 0 Å². The first-order valence-corrected chi connectivity index (χ1v) is 8.58. The summed E-state index contributed by atoms with van der Waals surface area (Å²) in [6.45, 7) is 3.73. The van der Waals surface area contributed by atoms with Crippen LogP contribution in [0.4, 0.5) is 5.69 Å². The Kier molecular flexibility index (Phi) is 10.0. The Morgan fingerprint density at radius 2 is 2.08 bits per heavy atom. The number of terminal acetylenes is 1. The summed E-state index contributed by atoms with van der Waals surface area (Å²) in [4.78, 5) is 16.7. The van der Waals surface area contributed by atoms with Crippen molar-refractivity contribution in [1.82, 2.24) is 10.6 Å². The van der Waals surface area contributed by atoms with Crippen LogP contribution in [0.3, 0.4) is 0 Å². The maximum Gasteiger partial charge on any atom is 0.227 e. The maximum absolute atomic E-state index is 12.2. The number of halogens is 1. The van der Waals surface area contributed by atoms with E-state index in [0.717, 1.165) is 43.5 Å². The summed E-state index contributed by atoms with van der Waals surface area (Å²) in [6.07, 6.45) is 9.58. The van der Waals surface area contributed by atoms with Gasteiger partial charge in [0.1, 0.15) is 0 Å². The van der Waals surface area contributed by atoms with Gasteiger partial charge in [-0.25, -0.2) is 4.99 Å². The average molecular weight is 454 g/mol. The molecule has 6 heteroatoms. The number of nitrogens with zero attached hydrogens (tertiary/aromatic N) is 1. The molecule has 1 aliphatic rings. The molecule has 0 unspecified atom stereocenters.